The maximum atomic E-state index is 5.70. The van der Waals surface area contributed by atoms with Crippen molar-refractivity contribution in [2.45, 2.75) is 45.6 Å². The molecule has 2 N–H and O–H groups in total. The molecule has 0 aromatic heterocycles. The summed E-state index contributed by atoms with van der Waals surface area (Å²) in [6.45, 7) is 6.23. The molecule has 2 heteroatoms. The zero-order valence-corrected chi connectivity index (χ0v) is 8.31. The molecule has 1 atom stereocenters. The van der Waals surface area contributed by atoms with E-state index in [2.05, 4.69) is 13.8 Å². The summed E-state index contributed by atoms with van der Waals surface area (Å²) in [5.41, 5.74) is 5.89. The standard InChI is InChI=1S/C10H21NO/c1-10(2)5-4-9(8-10)12-7-3-6-11/h9H,3-8,11H2,1-2H3. The van der Waals surface area contributed by atoms with Crippen LogP contribution < -0.4 is 5.73 Å². The maximum Gasteiger partial charge on any atom is 0.0580 e. The molecule has 0 aromatic carbocycles. The van der Waals surface area contributed by atoms with Gasteiger partial charge in [0.2, 0.25) is 0 Å². The summed E-state index contributed by atoms with van der Waals surface area (Å²) < 4.78 is 5.70. The summed E-state index contributed by atoms with van der Waals surface area (Å²) in [5, 5.41) is 0. The largest absolute Gasteiger partial charge is 0.378 e. The summed E-state index contributed by atoms with van der Waals surface area (Å²) in [6.07, 6.45) is 5.26. The van der Waals surface area contributed by atoms with Gasteiger partial charge < -0.3 is 10.5 Å². The van der Waals surface area contributed by atoms with E-state index in [0.717, 1.165) is 19.6 Å². The van der Waals surface area contributed by atoms with Gasteiger partial charge in [-0.25, -0.2) is 0 Å². The van der Waals surface area contributed by atoms with E-state index in [0.29, 0.717) is 11.5 Å². The van der Waals surface area contributed by atoms with Crippen molar-refractivity contribution in [2.24, 2.45) is 11.1 Å². The Kier molecular flexibility index (Phi) is 3.53. The lowest BCUT2D eigenvalue weighted by atomic mass is 9.92. The Balaban J connectivity index is 2.11. The van der Waals surface area contributed by atoms with Gasteiger partial charge in [0.1, 0.15) is 0 Å². The SMILES string of the molecule is CC1(C)CCC(OCCCN)C1. The average Bonchev–Trinajstić information content (AvgIpc) is 2.31. The number of ether oxygens (including phenoxy) is 1. The summed E-state index contributed by atoms with van der Waals surface area (Å²) in [5.74, 6) is 0. The third-order valence-electron chi connectivity index (χ3n) is 2.63. The lowest BCUT2D eigenvalue weighted by Gasteiger charge is -2.17. The molecule has 0 bridgehead atoms. The molecule has 1 unspecified atom stereocenters. The van der Waals surface area contributed by atoms with E-state index in [1.54, 1.807) is 0 Å². The van der Waals surface area contributed by atoms with Crippen LogP contribution in [0.1, 0.15) is 39.5 Å². The molecule has 0 amide bonds. The van der Waals surface area contributed by atoms with Crippen molar-refractivity contribution in [2.75, 3.05) is 13.2 Å². The van der Waals surface area contributed by atoms with Crippen molar-refractivity contribution in [3.63, 3.8) is 0 Å². The molecule has 1 aliphatic rings. The second-order valence-electron chi connectivity index (χ2n) is 4.54. The summed E-state index contributed by atoms with van der Waals surface area (Å²) >= 11 is 0. The summed E-state index contributed by atoms with van der Waals surface area (Å²) in [7, 11) is 0. The van der Waals surface area contributed by atoms with E-state index in [1.807, 2.05) is 0 Å². The van der Waals surface area contributed by atoms with Crippen LogP contribution in [0.3, 0.4) is 0 Å². The van der Waals surface area contributed by atoms with E-state index >= 15 is 0 Å². The van der Waals surface area contributed by atoms with Gasteiger partial charge in [-0.2, -0.15) is 0 Å². The van der Waals surface area contributed by atoms with Crippen LogP contribution >= 0.6 is 0 Å². The molecule has 72 valence electrons. The third kappa shape index (κ3) is 3.11. The molecule has 0 spiro atoms. The van der Waals surface area contributed by atoms with Gasteiger partial charge >= 0.3 is 0 Å². The van der Waals surface area contributed by atoms with Crippen molar-refractivity contribution in [1.29, 1.82) is 0 Å². The van der Waals surface area contributed by atoms with E-state index in [9.17, 15) is 0 Å². The summed E-state index contributed by atoms with van der Waals surface area (Å²) in [4.78, 5) is 0. The molecular formula is C10H21NO. The van der Waals surface area contributed by atoms with E-state index < -0.39 is 0 Å². The van der Waals surface area contributed by atoms with Crippen molar-refractivity contribution in [1.82, 2.24) is 0 Å². The molecule has 0 heterocycles. The molecule has 2 nitrogen and oxygen atoms in total. The quantitative estimate of drug-likeness (QED) is 0.656. The zero-order chi connectivity index (χ0) is 9.03. The fourth-order valence-electron chi connectivity index (χ4n) is 1.85. The van der Waals surface area contributed by atoms with Crippen molar-refractivity contribution in [3.8, 4) is 0 Å². The first-order valence-corrected chi connectivity index (χ1v) is 4.96. The van der Waals surface area contributed by atoms with Crippen molar-refractivity contribution in [3.05, 3.63) is 0 Å². The molecule has 1 rings (SSSR count). The smallest absolute Gasteiger partial charge is 0.0580 e. The Bertz CT molecular complexity index is 134. The second kappa shape index (κ2) is 4.24. The molecule has 0 radical (unpaired) electrons. The molecule has 0 saturated heterocycles. The minimum absolute atomic E-state index is 0.506. The van der Waals surface area contributed by atoms with Crippen LogP contribution in [-0.2, 0) is 4.74 Å². The molecule has 12 heavy (non-hydrogen) atoms. The van der Waals surface area contributed by atoms with Crippen molar-refractivity contribution < 1.29 is 4.74 Å². The lowest BCUT2D eigenvalue weighted by molar-refractivity contribution is 0.0510. The van der Waals surface area contributed by atoms with Crippen LogP contribution in [0.25, 0.3) is 0 Å². The Morgan fingerprint density at radius 3 is 2.75 bits per heavy atom. The maximum absolute atomic E-state index is 5.70. The van der Waals surface area contributed by atoms with Gasteiger partial charge in [0.15, 0.2) is 0 Å². The molecule has 0 aromatic rings. The molecule has 0 aliphatic heterocycles. The summed E-state index contributed by atoms with van der Waals surface area (Å²) in [6, 6.07) is 0. The first-order chi connectivity index (χ1) is 5.64. The normalized spacial score (nSPS) is 27.8. The molecular weight excluding hydrogens is 150 g/mol. The Morgan fingerprint density at radius 1 is 1.50 bits per heavy atom. The number of rotatable bonds is 4. The highest BCUT2D eigenvalue weighted by Crippen LogP contribution is 2.38. The van der Waals surface area contributed by atoms with Gasteiger partial charge in [-0.3, -0.25) is 0 Å². The highest BCUT2D eigenvalue weighted by atomic mass is 16.5. The Labute approximate surface area is 75.5 Å². The van der Waals surface area contributed by atoms with Crippen LogP contribution in [0.5, 0.6) is 0 Å². The highest BCUT2D eigenvalue weighted by Gasteiger charge is 2.31. The topological polar surface area (TPSA) is 35.2 Å². The Hall–Kier alpha value is -0.0800. The fourth-order valence-corrected chi connectivity index (χ4v) is 1.85. The first-order valence-electron chi connectivity index (χ1n) is 4.96. The van der Waals surface area contributed by atoms with Crippen LogP contribution in [-0.4, -0.2) is 19.3 Å². The average molecular weight is 171 g/mol. The highest BCUT2D eigenvalue weighted by molar-refractivity contribution is 4.82. The third-order valence-corrected chi connectivity index (χ3v) is 2.63. The van der Waals surface area contributed by atoms with Gasteiger partial charge in [-0.05, 0) is 37.6 Å². The van der Waals surface area contributed by atoms with Crippen LogP contribution in [0.4, 0.5) is 0 Å². The van der Waals surface area contributed by atoms with Gasteiger partial charge in [0, 0.05) is 6.61 Å². The zero-order valence-electron chi connectivity index (χ0n) is 8.31. The number of nitrogens with two attached hydrogens (primary N) is 1. The second-order valence-corrected chi connectivity index (χ2v) is 4.54. The predicted molar refractivity (Wildman–Crippen MR) is 51.0 cm³/mol. The van der Waals surface area contributed by atoms with Crippen molar-refractivity contribution >= 4 is 0 Å². The van der Waals surface area contributed by atoms with Gasteiger partial charge in [0.25, 0.3) is 0 Å². The molecule has 1 aliphatic carbocycles. The number of hydrogen-bond donors (Lipinski definition) is 1. The number of hydrogen-bond acceptors (Lipinski definition) is 2. The molecule has 1 saturated carbocycles. The van der Waals surface area contributed by atoms with Gasteiger partial charge in [0.05, 0.1) is 6.10 Å². The van der Waals surface area contributed by atoms with Gasteiger partial charge in [-0.1, -0.05) is 13.8 Å². The monoisotopic (exact) mass is 171 g/mol. The van der Waals surface area contributed by atoms with E-state index in [1.165, 1.54) is 19.3 Å². The first kappa shape index (κ1) is 10.0. The van der Waals surface area contributed by atoms with Crippen LogP contribution in [0.2, 0.25) is 0 Å². The Morgan fingerprint density at radius 2 is 2.25 bits per heavy atom. The van der Waals surface area contributed by atoms with Crippen LogP contribution in [0, 0.1) is 5.41 Å². The minimum Gasteiger partial charge on any atom is -0.378 e. The fraction of sp³-hybridized carbons (Fsp3) is 1.00. The van der Waals surface area contributed by atoms with Crippen LogP contribution in [0.15, 0.2) is 0 Å². The predicted octanol–water partition coefficient (Wildman–Crippen LogP) is 1.93. The van der Waals surface area contributed by atoms with Gasteiger partial charge in [-0.15, -0.1) is 0 Å². The van der Waals surface area contributed by atoms with E-state index in [4.69, 9.17) is 10.5 Å². The lowest BCUT2D eigenvalue weighted by Crippen LogP contribution is -2.14. The van der Waals surface area contributed by atoms with E-state index in [-0.39, 0.29) is 0 Å². The minimum atomic E-state index is 0.506. The molecule has 1 fully saturated rings.